The van der Waals surface area contributed by atoms with Crippen LogP contribution in [0.25, 0.3) is 22.0 Å². The lowest BCUT2D eigenvalue weighted by atomic mass is 9.77. The summed E-state index contributed by atoms with van der Waals surface area (Å²) in [5, 5.41) is 4.01. The number of ketones is 2. The molecule has 1 N–H and O–H groups in total. The summed E-state index contributed by atoms with van der Waals surface area (Å²) in [6, 6.07) is 20.6. The van der Waals surface area contributed by atoms with E-state index in [1.54, 1.807) is 13.1 Å². The lowest BCUT2D eigenvalue weighted by molar-refractivity contribution is 0.0923. The molecule has 5 heteroatoms. The zero-order valence-corrected chi connectivity index (χ0v) is 20.0. The molecule has 6 rings (SSSR count). The first kappa shape index (κ1) is 22.0. The van der Waals surface area contributed by atoms with Gasteiger partial charge in [-0.1, -0.05) is 73.7 Å². The highest BCUT2D eigenvalue weighted by molar-refractivity contribution is 6.30. The number of nitrogens with one attached hydrogen (secondary N) is 1. The Morgan fingerprint density at radius 1 is 0.833 bits per heavy atom. The van der Waals surface area contributed by atoms with Gasteiger partial charge in [0, 0.05) is 35.2 Å². The van der Waals surface area contributed by atoms with Crippen molar-refractivity contribution in [3.05, 3.63) is 118 Å². The Bertz CT molecular complexity index is 1690. The normalized spacial score (nSPS) is 17.8. The predicted molar refractivity (Wildman–Crippen MR) is 143 cm³/mol. The molecule has 0 saturated carbocycles. The molecule has 0 aliphatic heterocycles. The van der Waals surface area contributed by atoms with E-state index in [1.165, 1.54) is 4.57 Å². The molecule has 0 saturated heterocycles. The third-order valence-corrected chi connectivity index (χ3v) is 7.24. The van der Waals surface area contributed by atoms with Crippen LogP contribution in [0, 0.1) is 11.8 Å². The minimum Gasteiger partial charge on any atom is -0.355 e. The number of fused-ring (bicyclic) bond motifs is 2. The average molecular weight is 473 g/mol. The van der Waals surface area contributed by atoms with Gasteiger partial charge in [0.05, 0.1) is 22.3 Å². The number of carbonyl (C=O) groups is 2. The van der Waals surface area contributed by atoms with Gasteiger partial charge in [0.2, 0.25) is 0 Å². The van der Waals surface area contributed by atoms with Crippen molar-refractivity contribution in [3.8, 4) is 11.1 Å². The van der Waals surface area contributed by atoms with Gasteiger partial charge in [-0.25, -0.2) is 0 Å². The maximum atomic E-state index is 14.0. The number of nitrogens with zero attached hydrogens (tertiary/aromatic N) is 1. The highest BCUT2D eigenvalue weighted by Gasteiger charge is 2.36. The third kappa shape index (κ3) is 3.20. The molecule has 2 aliphatic carbocycles. The molecule has 176 valence electrons. The molecule has 0 spiro atoms. The summed E-state index contributed by atoms with van der Waals surface area (Å²) >= 11 is 0. The van der Waals surface area contributed by atoms with E-state index in [1.807, 2.05) is 91.9 Å². The molecule has 0 fully saturated rings. The largest absolute Gasteiger partial charge is 0.355 e. The number of anilines is 2. The number of benzene rings is 3. The lowest BCUT2D eigenvalue weighted by Gasteiger charge is -2.27. The summed E-state index contributed by atoms with van der Waals surface area (Å²) in [5.74, 6) is -0.846. The van der Waals surface area contributed by atoms with Crippen molar-refractivity contribution in [1.29, 1.82) is 0 Å². The van der Waals surface area contributed by atoms with Crippen molar-refractivity contribution in [2.24, 2.45) is 18.9 Å². The highest BCUT2D eigenvalue weighted by atomic mass is 16.1. The van der Waals surface area contributed by atoms with Crippen molar-refractivity contribution in [3.63, 3.8) is 0 Å². The number of rotatable bonds is 4. The number of Topliss-reactive ketones (excluding diaryl/α,β-unsaturated/α-hetero) is 1. The minimum atomic E-state index is -0.449. The first-order chi connectivity index (χ1) is 17.5. The Morgan fingerprint density at radius 3 is 2.28 bits per heavy atom. The number of hydrogen-bond acceptors (Lipinski definition) is 4. The number of aryl methyl sites for hydroxylation is 1. The molecule has 5 nitrogen and oxygen atoms in total. The minimum absolute atomic E-state index is 0.0406. The monoisotopic (exact) mass is 472 g/mol. The number of aromatic nitrogens is 1. The summed E-state index contributed by atoms with van der Waals surface area (Å²) in [7, 11) is 1.66. The molecule has 36 heavy (non-hydrogen) atoms. The molecule has 0 radical (unpaired) electrons. The van der Waals surface area contributed by atoms with Crippen LogP contribution in [0.1, 0.15) is 33.2 Å². The first-order valence-electron chi connectivity index (χ1n) is 12.0. The van der Waals surface area contributed by atoms with Crippen molar-refractivity contribution < 1.29 is 9.59 Å². The number of pyridine rings is 1. The van der Waals surface area contributed by atoms with Gasteiger partial charge in [0.1, 0.15) is 0 Å². The van der Waals surface area contributed by atoms with E-state index in [9.17, 15) is 14.4 Å². The highest BCUT2D eigenvalue weighted by Crippen LogP contribution is 2.44. The zero-order valence-electron chi connectivity index (χ0n) is 20.0. The number of allylic oxidation sites excluding steroid dienone is 4. The molecule has 3 aromatic carbocycles. The van der Waals surface area contributed by atoms with E-state index in [0.717, 1.165) is 5.69 Å². The number of para-hydroxylation sites is 1. The predicted octanol–water partition coefficient (Wildman–Crippen LogP) is 6.05. The fourth-order valence-corrected chi connectivity index (χ4v) is 5.39. The molecule has 2 aliphatic rings. The second-order valence-corrected chi connectivity index (χ2v) is 9.38. The SMILES string of the molecule is CC1C=CC=CC1C(=O)c1c2c3c(c(Nc4ccccc4)ccc3n(C)c1=O)C(=O)c1ccccc1-2. The van der Waals surface area contributed by atoms with E-state index in [-0.39, 0.29) is 28.6 Å². The maximum absolute atomic E-state index is 14.0. The standard InChI is InChI=1S/C31H24N2O3/c1-18-10-6-7-13-20(18)29(34)28-25-21-14-8-9-15-22(21)30(35)26-23(32-19-11-4-3-5-12-19)16-17-24(27(25)26)33(2)31(28)36/h3-18,20,32H,1-2H3. The molecule has 4 aromatic rings. The van der Waals surface area contributed by atoms with Gasteiger partial charge in [0.25, 0.3) is 5.56 Å². The van der Waals surface area contributed by atoms with E-state index in [4.69, 9.17) is 0 Å². The van der Waals surface area contributed by atoms with Crippen LogP contribution in [0.2, 0.25) is 0 Å². The van der Waals surface area contributed by atoms with Crippen LogP contribution in [-0.2, 0) is 7.05 Å². The summed E-state index contributed by atoms with van der Waals surface area (Å²) in [5.41, 5.74) is 4.03. The summed E-state index contributed by atoms with van der Waals surface area (Å²) in [4.78, 5) is 41.7. The van der Waals surface area contributed by atoms with E-state index in [2.05, 4.69) is 5.32 Å². The Morgan fingerprint density at radius 2 is 1.53 bits per heavy atom. The van der Waals surface area contributed by atoms with Crippen LogP contribution in [-0.4, -0.2) is 16.1 Å². The molecular formula is C31H24N2O3. The van der Waals surface area contributed by atoms with E-state index in [0.29, 0.717) is 38.8 Å². The smallest absolute Gasteiger partial charge is 0.262 e. The number of carbonyl (C=O) groups excluding carboxylic acids is 2. The van der Waals surface area contributed by atoms with Gasteiger partial charge in [-0.3, -0.25) is 14.4 Å². The Balaban J connectivity index is 1.71. The summed E-state index contributed by atoms with van der Waals surface area (Å²) in [6.07, 6.45) is 7.61. The van der Waals surface area contributed by atoms with Gasteiger partial charge in [-0.2, -0.15) is 0 Å². The van der Waals surface area contributed by atoms with Gasteiger partial charge < -0.3 is 9.88 Å². The van der Waals surface area contributed by atoms with Crippen LogP contribution in [0.15, 0.2) is 95.8 Å². The second kappa shape index (κ2) is 8.31. The Labute approximate surface area is 208 Å². The molecular weight excluding hydrogens is 448 g/mol. The molecule has 0 amide bonds. The lowest BCUT2D eigenvalue weighted by Crippen LogP contribution is -2.32. The summed E-state index contributed by atoms with van der Waals surface area (Å²) < 4.78 is 1.50. The fraction of sp³-hybridized carbons (Fsp3) is 0.129. The first-order valence-corrected chi connectivity index (χ1v) is 12.0. The Kier molecular flexibility index (Phi) is 5.07. The fourth-order valence-electron chi connectivity index (χ4n) is 5.39. The topological polar surface area (TPSA) is 68.2 Å². The van der Waals surface area contributed by atoms with Gasteiger partial charge >= 0.3 is 0 Å². The molecule has 2 atom stereocenters. The molecule has 2 unspecified atom stereocenters. The molecule has 0 bridgehead atoms. The zero-order chi connectivity index (χ0) is 25.0. The quantitative estimate of drug-likeness (QED) is 0.323. The average Bonchev–Trinajstić information content (AvgIpc) is 2.90. The van der Waals surface area contributed by atoms with Crippen LogP contribution < -0.4 is 10.9 Å². The maximum Gasteiger partial charge on any atom is 0.262 e. The van der Waals surface area contributed by atoms with Crippen LogP contribution in [0.4, 0.5) is 11.4 Å². The number of hydrogen-bond donors (Lipinski definition) is 1. The van der Waals surface area contributed by atoms with Crippen molar-refractivity contribution in [2.45, 2.75) is 6.92 Å². The van der Waals surface area contributed by atoms with E-state index >= 15 is 0 Å². The van der Waals surface area contributed by atoms with Crippen molar-refractivity contribution >= 4 is 33.8 Å². The van der Waals surface area contributed by atoms with Gasteiger partial charge in [-0.05, 0) is 35.7 Å². The van der Waals surface area contributed by atoms with Crippen molar-refractivity contribution in [1.82, 2.24) is 4.57 Å². The van der Waals surface area contributed by atoms with Crippen LogP contribution in [0.3, 0.4) is 0 Å². The summed E-state index contributed by atoms with van der Waals surface area (Å²) in [6.45, 7) is 1.98. The van der Waals surface area contributed by atoms with E-state index < -0.39 is 5.92 Å². The van der Waals surface area contributed by atoms with Crippen LogP contribution >= 0.6 is 0 Å². The molecule has 1 heterocycles. The van der Waals surface area contributed by atoms with Crippen molar-refractivity contribution in [2.75, 3.05) is 5.32 Å². The van der Waals surface area contributed by atoms with Gasteiger partial charge in [0.15, 0.2) is 11.6 Å². The second-order valence-electron chi connectivity index (χ2n) is 9.38. The van der Waals surface area contributed by atoms with Crippen LogP contribution in [0.5, 0.6) is 0 Å². The Hall–Kier alpha value is -4.51. The third-order valence-electron chi connectivity index (χ3n) is 7.24. The van der Waals surface area contributed by atoms with Gasteiger partial charge in [-0.15, -0.1) is 0 Å². The molecule has 1 aromatic heterocycles.